The normalized spacial score (nSPS) is 12.8. The molecule has 0 aliphatic carbocycles. The van der Waals surface area contributed by atoms with Crippen LogP contribution in [0.4, 0.5) is 0 Å². The number of aromatic nitrogens is 2. The van der Waals surface area contributed by atoms with E-state index in [1.807, 2.05) is 13.8 Å². The second kappa shape index (κ2) is 6.51. The number of hydrogen-bond acceptors (Lipinski definition) is 4. The molecule has 0 bridgehead atoms. The van der Waals surface area contributed by atoms with E-state index in [-0.39, 0.29) is 11.9 Å². The zero-order valence-electron chi connectivity index (χ0n) is 11.6. The Bertz CT molecular complexity index is 399. The fraction of sp³-hybridized carbons (Fsp3) is 0.667. The molecule has 0 saturated carbocycles. The van der Waals surface area contributed by atoms with Crippen LogP contribution in [0.25, 0.3) is 0 Å². The molecule has 0 aliphatic rings. The van der Waals surface area contributed by atoms with E-state index in [4.69, 9.17) is 9.47 Å². The summed E-state index contributed by atoms with van der Waals surface area (Å²) >= 11 is 0. The molecule has 1 N–H and O–H groups in total. The van der Waals surface area contributed by atoms with Gasteiger partial charge in [-0.05, 0) is 19.4 Å². The lowest BCUT2D eigenvalue weighted by molar-refractivity contribution is -0.117. The Hall–Kier alpha value is -1.40. The highest BCUT2D eigenvalue weighted by Gasteiger charge is 2.20. The predicted octanol–water partition coefficient (Wildman–Crippen LogP) is 0.720. The topological polar surface area (TPSA) is 65.4 Å². The number of nitrogens with zero attached hydrogens (tertiary/aromatic N) is 2. The van der Waals surface area contributed by atoms with Crippen LogP contribution in [0.3, 0.4) is 0 Å². The van der Waals surface area contributed by atoms with Gasteiger partial charge in [0.25, 0.3) is 5.91 Å². The highest BCUT2D eigenvalue weighted by atomic mass is 16.7. The lowest BCUT2D eigenvalue weighted by Gasteiger charge is -2.21. The highest BCUT2D eigenvalue weighted by molar-refractivity contribution is 5.92. The zero-order valence-corrected chi connectivity index (χ0v) is 11.6. The molecule has 1 heterocycles. The van der Waals surface area contributed by atoms with Crippen molar-refractivity contribution in [1.82, 2.24) is 15.1 Å². The molecule has 102 valence electrons. The number of ether oxygens (including phenoxy) is 2. The summed E-state index contributed by atoms with van der Waals surface area (Å²) in [5, 5.41) is 7.06. The molecule has 0 spiro atoms. The second-order valence-electron chi connectivity index (χ2n) is 4.10. The van der Waals surface area contributed by atoms with Gasteiger partial charge in [0.05, 0.1) is 11.7 Å². The average molecular weight is 255 g/mol. The maximum atomic E-state index is 12.1. The average Bonchev–Trinajstić information content (AvgIpc) is 2.72. The third-order valence-electron chi connectivity index (χ3n) is 2.76. The van der Waals surface area contributed by atoms with Gasteiger partial charge in [-0.1, -0.05) is 6.92 Å². The fourth-order valence-electron chi connectivity index (χ4n) is 1.77. The zero-order chi connectivity index (χ0) is 13.7. The number of amides is 1. The van der Waals surface area contributed by atoms with E-state index in [0.717, 1.165) is 12.1 Å². The van der Waals surface area contributed by atoms with Crippen molar-refractivity contribution in [2.24, 2.45) is 7.05 Å². The molecule has 0 aromatic carbocycles. The van der Waals surface area contributed by atoms with Crippen LogP contribution >= 0.6 is 0 Å². The first-order chi connectivity index (χ1) is 8.53. The van der Waals surface area contributed by atoms with E-state index >= 15 is 0 Å². The van der Waals surface area contributed by atoms with Crippen molar-refractivity contribution >= 4 is 5.91 Å². The smallest absolute Gasteiger partial charge is 0.269 e. The van der Waals surface area contributed by atoms with Gasteiger partial charge in [0.1, 0.15) is 5.69 Å². The molecule has 1 atom stereocenters. The Morgan fingerprint density at radius 3 is 2.56 bits per heavy atom. The summed E-state index contributed by atoms with van der Waals surface area (Å²) < 4.78 is 11.8. The number of carbonyl (C=O) groups excluding carboxylic acids is 1. The number of rotatable bonds is 6. The number of methoxy groups -OCH3 is 2. The first-order valence-electron chi connectivity index (χ1n) is 5.92. The molecule has 1 aromatic rings. The van der Waals surface area contributed by atoms with Crippen molar-refractivity contribution in [2.45, 2.75) is 32.6 Å². The highest BCUT2D eigenvalue weighted by Crippen LogP contribution is 2.06. The van der Waals surface area contributed by atoms with Crippen LogP contribution in [0.15, 0.2) is 6.07 Å². The van der Waals surface area contributed by atoms with Crippen molar-refractivity contribution in [2.75, 3.05) is 14.2 Å². The van der Waals surface area contributed by atoms with Crippen molar-refractivity contribution in [1.29, 1.82) is 0 Å². The van der Waals surface area contributed by atoms with Crippen LogP contribution in [0, 0.1) is 0 Å². The molecule has 6 nitrogen and oxygen atoms in total. The van der Waals surface area contributed by atoms with Gasteiger partial charge in [-0.2, -0.15) is 5.10 Å². The number of aryl methyl sites for hydroxylation is 2. The molecule has 1 rings (SSSR count). The van der Waals surface area contributed by atoms with E-state index in [1.165, 1.54) is 14.2 Å². The lowest BCUT2D eigenvalue weighted by Crippen LogP contribution is -2.43. The molecule has 1 amide bonds. The molecule has 18 heavy (non-hydrogen) atoms. The molecule has 0 fully saturated rings. The van der Waals surface area contributed by atoms with Gasteiger partial charge < -0.3 is 14.8 Å². The fourth-order valence-corrected chi connectivity index (χ4v) is 1.77. The van der Waals surface area contributed by atoms with Crippen molar-refractivity contribution < 1.29 is 14.3 Å². The monoisotopic (exact) mass is 255 g/mol. The second-order valence-corrected chi connectivity index (χ2v) is 4.10. The van der Waals surface area contributed by atoms with Crippen LogP contribution in [-0.4, -0.2) is 42.2 Å². The Morgan fingerprint density at radius 1 is 1.50 bits per heavy atom. The minimum atomic E-state index is -0.465. The number of carbonyl (C=O) groups is 1. The van der Waals surface area contributed by atoms with Crippen molar-refractivity contribution in [3.8, 4) is 0 Å². The summed E-state index contributed by atoms with van der Waals surface area (Å²) in [6, 6.07) is 1.55. The quantitative estimate of drug-likeness (QED) is 0.761. The van der Waals surface area contributed by atoms with E-state index in [0.29, 0.717) is 5.69 Å². The summed E-state index contributed by atoms with van der Waals surface area (Å²) in [4.78, 5) is 12.1. The third-order valence-corrected chi connectivity index (χ3v) is 2.76. The molecule has 0 saturated heterocycles. The summed E-state index contributed by atoms with van der Waals surface area (Å²) in [5.41, 5.74) is 1.43. The molecule has 6 heteroatoms. The van der Waals surface area contributed by atoms with E-state index in [9.17, 15) is 4.79 Å². The van der Waals surface area contributed by atoms with Crippen LogP contribution in [0.2, 0.25) is 0 Å². The summed E-state index contributed by atoms with van der Waals surface area (Å²) in [6.07, 6.45) is 0.336. The standard InChI is InChI=1S/C12H21N3O3/c1-6-9-7-10(15(3)14-9)11(16)13-8(2)12(17-4)18-5/h7-8,12H,6H2,1-5H3,(H,13,16). The summed E-state index contributed by atoms with van der Waals surface area (Å²) in [6.45, 7) is 3.82. The van der Waals surface area contributed by atoms with Gasteiger partial charge in [0.2, 0.25) is 0 Å². The predicted molar refractivity (Wildman–Crippen MR) is 67.3 cm³/mol. The Labute approximate surface area is 107 Å². The maximum absolute atomic E-state index is 12.1. The van der Waals surface area contributed by atoms with Gasteiger partial charge in [-0.3, -0.25) is 9.48 Å². The van der Waals surface area contributed by atoms with Crippen molar-refractivity contribution in [3.63, 3.8) is 0 Å². The Kier molecular flexibility index (Phi) is 5.30. The van der Waals surface area contributed by atoms with Crippen LogP contribution in [0.1, 0.15) is 30.0 Å². The third kappa shape index (κ3) is 3.30. The van der Waals surface area contributed by atoms with E-state index in [2.05, 4.69) is 10.4 Å². The van der Waals surface area contributed by atoms with Gasteiger partial charge in [-0.25, -0.2) is 0 Å². The van der Waals surface area contributed by atoms with E-state index in [1.54, 1.807) is 17.8 Å². The number of hydrogen-bond donors (Lipinski definition) is 1. The van der Waals surface area contributed by atoms with Gasteiger partial charge >= 0.3 is 0 Å². The van der Waals surface area contributed by atoms with Crippen LogP contribution in [-0.2, 0) is 22.9 Å². The van der Waals surface area contributed by atoms with Crippen LogP contribution in [0.5, 0.6) is 0 Å². The van der Waals surface area contributed by atoms with Crippen molar-refractivity contribution in [3.05, 3.63) is 17.5 Å². The first kappa shape index (κ1) is 14.7. The van der Waals surface area contributed by atoms with E-state index < -0.39 is 6.29 Å². The molecular weight excluding hydrogens is 234 g/mol. The number of nitrogens with one attached hydrogen (secondary N) is 1. The molecular formula is C12H21N3O3. The van der Waals surface area contributed by atoms with Gasteiger partial charge in [0, 0.05) is 21.3 Å². The Balaban J connectivity index is 2.72. The minimum Gasteiger partial charge on any atom is -0.354 e. The molecule has 0 radical (unpaired) electrons. The Morgan fingerprint density at radius 2 is 2.11 bits per heavy atom. The summed E-state index contributed by atoms with van der Waals surface area (Å²) in [5.74, 6) is -0.184. The minimum absolute atomic E-state index is 0.184. The SMILES string of the molecule is CCc1cc(C(=O)NC(C)C(OC)OC)n(C)n1. The molecule has 0 aliphatic heterocycles. The largest absolute Gasteiger partial charge is 0.354 e. The molecule has 1 unspecified atom stereocenters. The van der Waals surface area contributed by atoms with Crippen LogP contribution < -0.4 is 5.32 Å². The lowest BCUT2D eigenvalue weighted by atomic mass is 10.2. The van der Waals surface area contributed by atoms with Gasteiger partial charge in [0.15, 0.2) is 6.29 Å². The summed E-state index contributed by atoms with van der Waals surface area (Å²) in [7, 11) is 4.83. The van der Waals surface area contributed by atoms with Gasteiger partial charge in [-0.15, -0.1) is 0 Å². The maximum Gasteiger partial charge on any atom is 0.269 e. The molecule has 1 aromatic heterocycles. The first-order valence-corrected chi connectivity index (χ1v) is 5.92.